The molecule has 1 aromatic rings. The second-order valence-electron chi connectivity index (χ2n) is 5.44. The van der Waals surface area contributed by atoms with E-state index in [1.165, 1.54) is 0 Å². The van der Waals surface area contributed by atoms with Crippen LogP contribution >= 0.6 is 0 Å². The molecule has 0 bridgehead atoms. The normalized spacial score (nSPS) is 21.3. The minimum Gasteiger partial charge on any atom is -0.480 e. The Bertz CT molecular complexity index is 512. The minimum atomic E-state index is -1.13. The summed E-state index contributed by atoms with van der Waals surface area (Å²) in [5, 5.41) is 15.7. The number of nitrogens with zero attached hydrogens (tertiary/aromatic N) is 1. The van der Waals surface area contributed by atoms with E-state index < -0.39 is 17.4 Å². The number of carboxylic acid groups (broad SMARTS) is 1. The first-order valence-electron chi connectivity index (χ1n) is 6.63. The lowest BCUT2D eigenvalue weighted by Crippen LogP contribution is -2.52. The zero-order valence-corrected chi connectivity index (χ0v) is 10.5. The molecule has 0 spiro atoms. The van der Waals surface area contributed by atoms with Gasteiger partial charge < -0.3 is 14.9 Å². The summed E-state index contributed by atoms with van der Waals surface area (Å²) < 4.78 is 5.11. The molecule has 2 aliphatic rings. The third-order valence-electron chi connectivity index (χ3n) is 3.96. The van der Waals surface area contributed by atoms with E-state index in [-0.39, 0.29) is 5.69 Å². The molecule has 2 aliphatic carbocycles. The average Bonchev–Trinajstić information content (AvgIpc) is 2.93. The van der Waals surface area contributed by atoms with Crippen LogP contribution in [0.25, 0.3) is 0 Å². The van der Waals surface area contributed by atoms with Crippen molar-refractivity contribution in [3.05, 3.63) is 17.5 Å². The highest BCUT2D eigenvalue weighted by atomic mass is 16.5. The molecule has 6 nitrogen and oxygen atoms in total. The Morgan fingerprint density at radius 3 is 2.63 bits per heavy atom. The van der Waals surface area contributed by atoms with Crippen LogP contribution < -0.4 is 5.32 Å². The fourth-order valence-electron chi connectivity index (χ4n) is 2.61. The van der Waals surface area contributed by atoms with Gasteiger partial charge >= 0.3 is 5.97 Å². The predicted molar refractivity (Wildman–Crippen MR) is 64.8 cm³/mol. The van der Waals surface area contributed by atoms with Gasteiger partial charge in [0.15, 0.2) is 5.69 Å². The summed E-state index contributed by atoms with van der Waals surface area (Å²) >= 11 is 0. The molecule has 19 heavy (non-hydrogen) atoms. The molecule has 0 unspecified atom stereocenters. The Balaban J connectivity index is 1.73. The Hall–Kier alpha value is -1.85. The maximum Gasteiger partial charge on any atom is 0.329 e. The SMILES string of the molecule is O=C(NC1(C(=O)O)CCCC1)c1cc(C2CC2)on1. The van der Waals surface area contributed by atoms with Crippen molar-refractivity contribution in [1.29, 1.82) is 0 Å². The van der Waals surface area contributed by atoms with E-state index in [0.717, 1.165) is 31.4 Å². The predicted octanol–water partition coefficient (Wildman–Crippen LogP) is 1.68. The van der Waals surface area contributed by atoms with Gasteiger partial charge in [0.2, 0.25) is 0 Å². The van der Waals surface area contributed by atoms with E-state index in [2.05, 4.69) is 10.5 Å². The lowest BCUT2D eigenvalue weighted by molar-refractivity contribution is -0.144. The van der Waals surface area contributed by atoms with Gasteiger partial charge in [-0.05, 0) is 25.7 Å². The fraction of sp³-hybridized carbons (Fsp3) is 0.615. The van der Waals surface area contributed by atoms with Crippen LogP contribution in [0.2, 0.25) is 0 Å². The van der Waals surface area contributed by atoms with Crippen molar-refractivity contribution in [2.45, 2.75) is 50.0 Å². The average molecular weight is 264 g/mol. The lowest BCUT2D eigenvalue weighted by Gasteiger charge is -2.24. The van der Waals surface area contributed by atoms with E-state index in [1.807, 2.05) is 0 Å². The number of nitrogens with one attached hydrogen (secondary N) is 1. The second-order valence-corrected chi connectivity index (χ2v) is 5.44. The number of carboxylic acids is 1. The summed E-state index contributed by atoms with van der Waals surface area (Å²) in [5.74, 6) is -0.320. The highest BCUT2D eigenvalue weighted by molar-refractivity contribution is 5.96. The summed E-state index contributed by atoms with van der Waals surface area (Å²) in [6, 6.07) is 1.62. The van der Waals surface area contributed by atoms with Crippen LogP contribution in [-0.4, -0.2) is 27.7 Å². The molecule has 2 N–H and O–H groups in total. The first kappa shape index (κ1) is 12.2. The quantitative estimate of drug-likeness (QED) is 0.863. The molecule has 2 saturated carbocycles. The zero-order chi connectivity index (χ0) is 13.5. The smallest absolute Gasteiger partial charge is 0.329 e. The van der Waals surface area contributed by atoms with E-state index >= 15 is 0 Å². The van der Waals surface area contributed by atoms with Crippen molar-refractivity contribution in [2.75, 3.05) is 0 Å². The van der Waals surface area contributed by atoms with Crippen molar-refractivity contribution >= 4 is 11.9 Å². The van der Waals surface area contributed by atoms with Gasteiger partial charge in [-0.1, -0.05) is 18.0 Å². The second kappa shape index (κ2) is 4.36. The van der Waals surface area contributed by atoms with Gasteiger partial charge in [0, 0.05) is 12.0 Å². The number of hydrogen-bond acceptors (Lipinski definition) is 4. The molecule has 3 rings (SSSR count). The minimum absolute atomic E-state index is 0.175. The molecule has 1 aromatic heterocycles. The zero-order valence-electron chi connectivity index (χ0n) is 10.5. The molecule has 6 heteroatoms. The van der Waals surface area contributed by atoms with Gasteiger partial charge in [-0.3, -0.25) is 4.79 Å². The van der Waals surface area contributed by atoms with Gasteiger partial charge in [0.05, 0.1) is 0 Å². The maximum atomic E-state index is 12.1. The van der Waals surface area contributed by atoms with Crippen LogP contribution in [-0.2, 0) is 4.79 Å². The van der Waals surface area contributed by atoms with Crippen LogP contribution in [0.4, 0.5) is 0 Å². The third kappa shape index (κ3) is 2.22. The van der Waals surface area contributed by atoms with Gasteiger partial charge in [0.1, 0.15) is 11.3 Å². The maximum absolute atomic E-state index is 12.1. The van der Waals surface area contributed by atoms with Crippen molar-refractivity contribution in [1.82, 2.24) is 10.5 Å². The highest BCUT2D eigenvalue weighted by Crippen LogP contribution is 2.40. The van der Waals surface area contributed by atoms with Crippen molar-refractivity contribution < 1.29 is 19.2 Å². The highest BCUT2D eigenvalue weighted by Gasteiger charge is 2.43. The molecule has 2 fully saturated rings. The van der Waals surface area contributed by atoms with Gasteiger partial charge in [-0.25, -0.2) is 4.79 Å². The molecule has 0 aromatic carbocycles. The summed E-state index contributed by atoms with van der Waals surface area (Å²) in [6.45, 7) is 0. The molecule has 0 atom stereocenters. The monoisotopic (exact) mass is 264 g/mol. The topological polar surface area (TPSA) is 92.4 Å². The summed E-state index contributed by atoms with van der Waals surface area (Å²) in [5.41, 5.74) is -0.954. The number of aromatic nitrogens is 1. The van der Waals surface area contributed by atoms with Crippen LogP contribution in [0.5, 0.6) is 0 Å². The summed E-state index contributed by atoms with van der Waals surface area (Å²) in [4.78, 5) is 23.4. The molecule has 0 saturated heterocycles. The van der Waals surface area contributed by atoms with Crippen LogP contribution in [0, 0.1) is 0 Å². The van der Waals surface area contributed by atoms with Crippen LogP contribution in [0.15, 0.2) is 10.6 Å². The molecule has 0 radical (unpaired) electrons. The first-order valence-corrected chi connectivity index (χ1v) is 6.63. The standard InChI is InChI=1S/C13H16N2O4/c16-11(9-7-10(19-15-9)8-3-4-8)14-13(12(17)18)5-1-2-6-13/h7-8H,1-6H2,(H,14,16)(H,17,18). The number of hydrogen-bond donors (Lipinski definition) is 2. The molecule has 0 aliphatic heterocycles. The Labute approximate surface area is 110 Å². The number of carbonyl (C=O) groups excluding carboxylic acids is 1. The van der Waals surface area contributed by atoms with Gasteiger partial charge in [-0.2, -0.15) is 0 Å². The van der Waals surface area contributed by atoms with E-state index in [0.29, 0.717) is 18.8 Å². The van der Waals surface area contributed by atoms with Crippen molar-refractivity contribution in [3.63, 3.8) is 0 Å². The number of aliphatic carboxylic acids is 1. The summed E-state index contributed by atoms with van der Waals surface area (Å²) in [6.07, 6.45) is 4.71. The van der Waals surface area contributed by atoms with Crippen molar-refractivity contribution in [3.8, 4) is 0 Å². The lowest BCUT2D eigenvalue weighted by atomic mass is 9.97. The molecular formula is C13H16N2O4. The number of amides is 1. The number of carbonyl (C=O) groups is 2. The Morgan fingerprint density at radius 2 is 2.05 bits per heavy atom. The van der Waals surface area contributed by atoms with Gasteiger partial charge in [-0.15, -0.1) is 0 Å². The third-order valence-corrected chi connectivity index (χ3v) is 3.96. The fourth-order valence-corrected chi connectivity index (χ4v) is 2.61. The van der Waals surface area contributed by atoms with E-state index in [9.17, 15) is 14.7 Å². The van der Waals surface area contributed by atoms with Crippen LogP contribution in [0.3, 0.4) is 0 Å². The summed E-state index contributed by atoms with van der Waals surface area (Å²) in [7, 11) is 0. The molecular weight excluding hydrogens is 248 g/mol. The molecule has 102 valence electrons. The largest absolute Gasteiger partial charge is 0.480 e. The van der Waals surface area contributed by atoms with E-state index in [4.69, 9.17) is 4.52 Å². The Kier molecular flexibility index (Phi) is 2.80. The Morgan fingerprint density at radius 1 is 1.37 bits per heavy atom. The molecule has 1 heterocycles. The van der Waals surface area contributed by atoms with Gasteiger partial charge in [0.25, 0.3) is 5.91 Å². The van der Waals surface area contributed by atoms with Crippen LogP contribution in [0.1, 0.15) is 60.7 Å². The van der Waals surface area contributed by atoms with E-state index in [1.54, 1.807) is 6.07 Å². The first-order chi connectivity index (χ1) is 9.11. The van der Waals surface area contributed by atoms with Crippen molar-refractivity contribution in [2.24, 2.45) is 0 Å². The molecule has 1 amide bonds. The number of rotatable bonds is 4.